The minimum atomic E-state index is 0.793. The lowest BCUT2D eigenvalue weighted by Crippen LogP contribution is -1.89. The van der Waals surface area contributed by atoms with E-state index in [1.54, 1.807) is 12.4 Å². The molecule has 1 aromatic heterocycles. The standard InChI is InChI=1S/C16H18N2/c1-13(2)6-3-7-14-8-4-9-15(12-14)16-17-10-5-11-18-16/h4-6,8-12H,3,7H2,1-2H3. The van der Waals surface area contributed by atoms with E-state index < -0.39 is 0 Å². The fourth-order valence-electron chi connectivity index (χ4n) is 1.84. The zero-order chi connectivity index (χ0) is 12.8. The third-order valence-electron chi connectivity index (χ3n) is 2.74. The predicted octanol–water partition coefficient (Wildman–Crippen LogP) is 4.04. The summed E-state index contributed by atoms with van der Waals surface area (Å²) in [5.74, 6) is 0.793. The molecule has 0 radical (unpaired) electrons. The van der Waals surface area contributed by atoms with Crippen LogP contribution in [0.5, 0.6) is 0 Å². The monoisotopic (exact) mass is 238 g/mol. The SMILES string of the molecule is CC(C)=CCCc1cccc(-c2ncccn2)c1. The third kappa shape index (κ3) is 3.52. The molecule has 1 aromatic carbocycles. The summed E-state index contributed by atoms with van der Waals surface area (Å²) in [4.78, 5) is 8.55. The van der Waals surface area contributed by atoms with Gasteiger partial charge in [0.1, 0.15) is 0 Å². The summed E-state index contributed by atoms with van der Waals surface area (Å²) in [5, 5.41) is 0. The van der Waals surface area contributed by atoms with E-state index in [2.05, 4.69) is 54.2 Å². The van der Waals surface area contributed by atoms with Crippen LogP contribution in [0.25, 0.3) is 11.4 Å². The normalized spacial score (nSPS) is 10.1. The summed E-state index contributed by atoms with van der Waals surface area (Å²) in [6, 6.07) is 10.3. The average Bonchev–Trinajstić information content (AvgIpc) is 2.40. The molecule has 0 saturated carbocycles. The van der Waals surface area contributed by atoms with Gasteiger partial charge in [-0.15, -0.1) is 0 Å². The molecular formula is C16H18N2. The van der Waals surface area contributed by atoms with Crippen LogP contribution in [-0.2, 0) is 6.42 Å². The van der Waals surface area contributed by atoms with Gasteiger partial charge in [0.05, 0.1) is 0 Å². The van der Waals surface area contributed by atoms with Gasteiger partial charge in [-0.25, -0.2) is 9.97 Å². The zero-order valence-corrected chi connectivity index (χ0v) is 10.9. The van der Waals surface area contributed by atoms with Crippen molar-refractivity contribution in [3.63, 3.8) is 0 Å². The molecule has 18 heavy (non-hydrogen) atoms. The Balaban J connectivity index is 2.13. The molecule has 92 valence electrons. The van der Waals surface area contributed by atoms with Crippen LogP contribution in [0, 0.1) is 0 Å². The molecule has 0 unspecified atom stereocenters. The molecule has 0 fully saturated rings. The van der Waals surface area contributed by atoms with Crippen LogP contribution in [0.15, 0.2) is 54.4 Å². The van der Waals surface area contributed by atoms with Crippen molar-refractivity contribution in [2.45, 2.75) is 26.7 Å². The van der Waals surface area contributed by atoms with Crippen molar-refractivity contribution in [2.75, 3.05) is 0 Å². The lowest BCUT2D eigenvalue weighted by molar-refractivity contribution is 0.988. The highest BCUT2D eigenvalue weighted by atomic mass is 14.8. The van der Waals surface area contributed by atoms with Gasteiger partial charge >= 0.3 is 0 Å². The van der Waals surface area contributed by atoms with Gasteiger partial charge in [0.25, 0.3) is 0 Å². The number of nitrogens with zero attached hydrogens (tertiary/aromatic N) is 2. The summed E-state index contributed by atoms with van der Waals surface area (Å²) < 4.78 is 0. The molecule has 0 amide bonds. The number of rotatable bonds is 4. The van der Waals surface area contributed by atoms with E-state index in [-0.39, 0.29) is 0 Å². The fourth-order valence-corrected chi connectivity index (χ4v) is 1.84. The second-order valence-electron chi connectivity index (χ2n) is 4.59. The highest BCUT2D eigenvalue weighted by Crippen LogP contribution is 2.16. The van der Waals surface area contributed by atoms with Gasteiger partial charge in [0.2, 0.25) is 0 Å². The number of benzene rings is 1. The van der Waals surface area contributed by atoms with Crippen molar-refractivity contribution < 1.29 is 0 Å². The van der Waals surface area contributed by atoms with Crippen molar-refractivity contribution in [2.24, 2.45) is 0 Å². The molecule has 1 heterocycles. The molecule has 2 rings (SSSR count). The first-order chi connectivity index (χ1) is 8.75. The maximum Gasteiger partial charge on any atom is 0.159 e. The Labute approximate surface area is 108 Å². The van der Waals surface area contributed by atoms with Crippen molar-refractivity contribution in [1.82, 2.24) is 9.97 Å². The van der Waals surface area contributed by atoms with E-state index in [1.807, 2.05) is 6.07 Å². The second kappa shape index (κ2) is 6.10. The number of hydrogen-bond donors (Lipinski definition) is 0. The molecular weight excluding hydrogens is 220 g/mol. The van der Waals surface area contributed by atoms with Crippen LogP contribution in [0.2, 0.25) is 0 Å². The summed E-state index contributed by atoms with van der Waals surface area (Å²) >= 11 is 0. The Hall–Kier alpha value is -1.96. The molecule has 0 bridgehead atoms. The zero-order valence-electron chi connectivity index (χ0n) is 10.9. The minimum absolute atomic E-state index is 0.793. The Morgan fingerprint density at radius 1 is 1.11 bits per heavy atom. The summed E-state index contributed by atoms with van der Waals surface area (Å²) in [6.45, 7) is 4.27. The summed E-state index contributed by atoms with van der Waals surface area (Å²) in [5.41, 5.74) is 3.79. The lowest BCUT2D eigenvalue weighted by Gasteiger charge is -2.03. The van der Waals surface area contributed by atoms with Gasteiger partial charge < -0.3 is 0 Å². The van der Waals surface area contributed by atoms with E-state index in [0.717, 1.165) is 24.2 Å². The number of hydrogen-bond acceptors (Lipinski definition) is 2. The van der Waals surface area contributed by atoms with Gasteiger partial charge in [-0.2, -0.15) is 0 Å². The van der Waals surface area contributed by atoms with E-state index in [9.17, 15) is 0 Å². The van der Waals surface area contributed by atoms with Crippen LogP contribution in [0.1, 0.15) is 25.8 Å². The first-order valence-electron chi connectivity index (χ1n) is 6.25. The first-order valence-corrected chi connectivity index (χ1v) is 6.25. The number of aromatic nitrogens is 2. The van der Waals surface area contributed by atoms with Crippen LogP contribution >= 0.6 is 0 Å². The van der Waals surface area contributed by atoms with Crippen LogP contribution in [0.3, 0.4) is 0 Å². The van der Waals surface area contributed by atoms with E-state index in [0.29, 0.717) is 0 Å². The Bertz CT molecular complexity index is 526. The second-order valence-corrected chi connectivity index (χ2v) is 4.59. The molecule has 0 saturated heterocycles. The summed E-state index contributed by atoms with van der Waals surface area (Å²) in [7, 11) is 0. The predicted molar refractivity (Wildman–Crippen MR) is 75.2 cm³/mol. The minimum Gasteiger partial charge on any atom is -0.237 e. The number of aryl methyl sites for hydroxylation is 1. The van der Waals surface area contributed by atoms with Gasteiger partial charge in [-0.3, -0.25) is 0 Å². The molecule has 0 atom stereocenters. The molecule has 0 aliphatic heterocycles. The Morgan fingerprint density at radius 2 is 1.89 bits per heavy atom. The first kappa shape index (κ1) is 12.5. The smallest absolute Gasteiger partial charge is 0.159 e. The highest BCUT2D eigenvalue weighted by Gasteiger charge is 2.00. The van der Waals surface area contributed by atoms with Gasteiger partial charge in [0, 0.05) is 18.0 Å². The van der Waals surface area contributed by atoms with E-state index in [4.69, 9.17) is 0 Å². The average molecular weight is 238 g/mol. The van der Waals surface area contributed by atoms with Crippen molar-refractivity contribution in [3.05, 3.63) is 59.9 Å². The summed E-state index contributed by atoms with van der Waals surface area (Å²) in [6.07, 6.45) is 7.97. The highest BCUT2D eigenvalue weighted by molar-refractivity contribution is 5.55. The molecule has 0 spiro atoms. The Kier molecular flexibility index (Phi) is 4.24. The molecule has 0 aliphatic carbocycles. The van der Waals surface area contributed by atoms with Crippen LogP contribution in [0.4, 0.5) is 0 Å². The largest absolute Gasteiger partial charge is 0.237 e. The lowest BCUT2D eigenvalue weighted by atomic mass is 10.1. The van der Waals surface area contributed by atoms with Crippen LogP contribution in [-0.4, -0.2) is 9.97 Å². The fraction of sp³-hybridized carbons (Fsp3) is 0.250. The van der Waals surface area contributed by atoms with Crippen molar-refractivity contribution in [3.8, 4) is 11.4 Å². The maximum absolute atomic E-state index is 4.28. The van der Waals surface area contributed by atoms with Crippen molar-refractivity contribution >= 4 is 0 Å². The molecule has 2 heteroatoms. The van der Waals surface area contributed by atoms with E-state index >= 15 is 0 Å². The molecule has 2 aromatic rings. The molecule has 2 nitrogen and oxygen atoms in total. The topological polar surface area (TPSA) is 25.8 Å². The van der Waals surface area contributed by atoms with E-state index in [1.165, 1.54) is 11.1 Å². The van der Waals surface area contributed by atoms with Crippen molar-refractivity contribution in [1.29, 1.82) is 0 Å². The third-order valence-corrected chi connectivity index (χ3v) is 2.74. The quantitative estimate of drug-likeness (QED) is 0.751. The Morgan fingerprint density at radius 3 is 2.61 bits per heavy atom. The van der Waals surface area contributed by atoms with Gasteiger partial charge in [0.15, 0.2) is 5.82 Å². The number of allylic oxidation sites excluding steroid dienone is 2. The van der Waals surface area contributed by atoms with Gasteiger partial charge in [-0.05, 0) is 44.4 Å². The molecule has 0 aliphatic rings. The maximum atomic E-state index is 4.28. The molecule has 0 N–H and O–H groups in total. The van der Waals surface area contributed by atoms with Gasteiger partial charge in [-0.1, -0.05) is 29.8 Å². The van der Waals surface area contributed by atoms with Crippen LogP contribution < -0.4 is 0 Å².